The maximum Gasteiger partial charge on any atom is 0.286 e. The lowest BCUT2D eigenvalue weighted by Gasteiger charge is -2.52. The Kier molecular flexibility index (Phi) is 11.5. The van der Waals surface area contributed by atoms with Gasteiger partial charge in [0.1, 0.15) is 0 Å². The monoisotopic (exact) mass is 333 g/mol. The van der Waals surface area contributed by atoms with Crippen molar-refractivity contribution in [1.82, 2.24) is 14.2 Å². The van der Waals surface area contributed by atoms with Gasteiger partial charge in [-0.2, -0.15) is 0 Å². The molecule has 3 nitrogen and oxygen atoms in total. The third-order valence-corrected chi connectivity index (χ3v) is 5.94. The molecule has 0 radical (unpaired) electrons. The van der Waals surface area contributed by atoms with Crippen LogP contribution in [0.2, 0.25) is 20.5 Å². The molecule has 6 heteroatoms. The molecule has 0 amide bonds. The molecule has 1 fully saturated rings. The van der Waals surface area contributed by atoms with Gasteiger partial charge in [-0.15, -0.1) is 0 Å². The second kappa shape index (κ2) is 12.4. The van der Waals surface area contributed by atoms with Gasteiger partial charge in [0.2, 0.25) is 0 Å². The molecular formula is C18H42B3N3. The minimum atomic E-state index is 0.575. The summed E-state index contributed by atoms with van der Waals surface area (Å²) in [5.74, 6) is 0. The van der Waals surface area contributed by atoms with Crippen LogP contribution < -0.4 is 0 Å². The standard InChI is InChI=1S/C18H42B3N3/c1-7-10-13-16-22-19(4)23(17-14-11-8-2)21(6)24(20(22)5)18-15-12-9-3/h7-18H2,1-6H3. The zero-order valence-electron chi connectivity index (χ0n) is 17.6. The summed E-state index contributed by atoms with van der Waals surface area (Å²) < 4.78 is 8.27. The normalized spacial score (nSPS) is 18.0. The van der Waals surface area contributed by atoms with E-state index in [1.54, 1.807) is 0 Å². The second-order valence-electron chi connectivity index (χ2n) is 7.73. The number of hydrogen-bond donors (Lipinski definition) is 0. The van der Waals surface area contributed by atoms with E-state index in [9.17, 15) is 0 Å². The summed E-state index contributed by atoms with van der Waals surface area (Å²) in [5.41, 5.74) is 0. The second-order valence-corrected chi connectivity index (χ2v) is 7.73. The molecule has 0 spiro atoms. The summed E-state index contributed by atoms with van der Waals surface area (Å²) in [4.78, 5) is 0. The lowest BCUT2D eigenvalue weighted by atomic mass is 9.44. The molecule has 0 aromatic heterocycles. The summed E-state index contributed by atoms with van der Waals surface area (Å²) >= 11 is 0. The first kappa shape index (κ1) is 22.1. The van der Waals surface area contributed by atoms with Crippen molar-refractivity contribution in [2.45, 2.75) is 99.0 Å². The van der Waals surface area contributed by atoms with Crippen LogP contribution >= 0.6 is 0 Å². The van der Waals surface area contributed by atoms with Gasteiger partial charge < -0.3 is 14.2 Å². The molecule has 0 unspecified atom stereocenters. The fourth-order valence-corrected chi connectivity index (χ4v) is 4.26. The van der Waals surface area contributed by atoms with Crippen LogP contribution in [-0.2, 0) is 0 Å². The number of hydrogen-bond acceptors (Lipinski definition) is 3. The van der Waals surface area contributed by atoms with Crippen molar-refractivity contribution in [3.8, 4) is 0 Å². The van der Waals surface area contributed by atoms with Gasteiger partial charge in [0, 0.05) is 0 Å². The van der Waals surface area contributed by atoms with Gasteiger partial charge in [0.25, 0.3) is 20.9 Å². The summed E-state index contributed by atoms with van der Waals surface area (Å²) in [6.07, 6.45) is 12.0. The molecular weight excluding hydrogens is 291 g/mol. The largest absolute Gasteiger partial charge is 0.357 e. The van der Waals surface area contributed by atoms with Gasteiger partial charge in [-0.05, 0) is 38.9 Å². The molecule has 0 bridgehead atoms. The van der Waals surface area contributed by atoms with Gasteiger partial charge in [-0.3, -0.25) is 0 Å². The fourth-order valence-electron chi connectivity index (χ4n) is 4.26. The summed E-state index contributed by atoms with van der Waals surface area (Å²) in [6, 6.07) is 0. The molecule has 1 heterocycles. The predicted molar refractivity (Wildman–Crippen MR) is 114 cm³/mol. The average Bonchev–Trinajstić information content (AvgIpc) is 2.57. The van der Waals surface area contributed by atoms with E-state index in [-0.39, 0.29) is 0 Å². The van der Waals surface area contributed by atoms with Crippen molar-refractivity contribution in [2.75, 3.05) is 19.6 Å². The molecule has 1 aliphatic rings. The Bertz CT molecular complexity index is 260. The van der Waals surface area contributed by atoms with Crippen LogP contribution in [0.25, 0.3) is 0 Å². The average molecular weight is 333 g/mol. The summed E-state index contributed by atoms with van der Waals surface area (Å²) in [6.45, 7) is 19.7. The maximum absolute atomic E-state index is 2.76. The molecule has 1 aliphatic heterocycles. The Morgan fingerprint density at radius 2 is 0.708 bits per heavy atom. The molecule has 24 heavy (non-hydrogen) atoms. The lowest BCUT2D eigenvalue weighted by molar-refractivity contribution is 0.413. The molecule has 0 aromatic carbocycles. The molecule has 1 rings (SSSR count). The Labute approximate surface area is 154 Å². The first-order valence-electron chi connectivity index (χ1n) is 10.9. The molecule has 0 N–H and O–H groups in total. The molecule has 0 atom stereocenters. The van der Waals surface area contributed by atoms with Crippen LogP contribution in [0, 0.1) is 0 Å². The number of rotatable bonds is 12. The van der Waals surface area contributed by atoms with E-state index < -0.39 is 0 Å². The number of nitrogens with zero attached hydrogens (tertiary/aromatic N) is 3. The molecule has 138 valence electrons. The van der Waals surface area contributed by atoms with Crippen LogP contribution in [0.5, 0.6) is 0 Å². The Hall–Kier alpha value is 0.0748. The van der Waals surface area contributed by atoms with Crippen LogP contribution in [-0.4, -0.2) is 54.7 Å². The Morgan fingerprint density at radius 3 is 0.917 bits per heavy atom. The van der Waals surface area contributed by atoms with Gasteiger partial charge >= 0.3 is 0 Å². The quantitative estimate of drug-likeness (QED) is 0.374. The smallest absolute Gasteiger partial charge is 0.286 e. The van der Waals surface area contributed by atoms with Gasteiger partial charge in [-0.25, -0.2) is 0 Å². The minimum absolute atomic E-state index is 0.575. The third kappa shape index (κ3) is 6.42. The fraction of sp³-hybridized carbons (Fsp3) is 1.00. The van der Waals surface area contributed by atoms with Gasteiger partial charge in [-0.1, -0.05) is 79.8 Å². The highest BCUT2D eigenvalue weighted by Crippen LogP contribution is 2.22. The van der Waals surface area contributed by atoms with E-state index >= 15 is 0 Å². The van der Waals surface area contributed by atoms with E-state index in [0.29, 0.717) is 20.9 Å². The van der Waals surface area contributed by atoms with Crippen LogP contribution in [0.1, 0.15) is 78.6 Å². The molecule has 1 saturated heterocycles. The molecule has 0 saturated carbocycles. The lowest BCUT2D eigenvalue weighted by Crippen LogP contribution is -2.75. The van der Waals surface area contributed by atoms with Gasteiger partial charge in [0.15, 0.2) is 0 Å². The SMILES string of the molecule is CCCCCN1B(C)N(CCCCC)B(C)N(CCCCC)B1C. The number of unbranched alkanes of at least 4 members (excludes halogenated alkanes) is 6. The highest BCUT2D eigenvalue weighted by Gasteiger charge is 2.45. The first-order chi connectivity index (χ1) is 11.6. The van der Waals surface area contributed by atoms with Crippen molar-refractivity contribution in [3.63, 3.8) is 0 Å². The van der Waals surface area contributed by atoms with E-state index in [0.717, 1.165) is 0 Å². The van der Waals surface area contributed by atoms with Crippen molar-refractivity contribution in [3.05, 3.63) is 0 Å². The van der Waals surface area contributed by atoms with Gasteiger partial charge in [0.05, 0.1) is 0 Å². The van der Waals surface area contributed by atoms with Crippen molar-refractivity contribution in [1.29, 1.82) is 0 Å². The highest BCUT2D eigenvalue weighted by atomic mass is 15.3. The zero-order valence-corrected chi connectivity index (χ0v) is 17.6. The topological polar surface area (TPSA) is 9.72 Å². The van der Waals surface area contributed by atoms with Crippen molar-refractivity contribution >= 4 is 20.9 Å². The molecule has 0 aliphatic carbocycles. The van der Waals surface area contributed by atoms with E-state index in [2.05, 4.69) is 55.4 Å². The third-order valence-electron chi connectivity index (χ3n) is 5.94. The van der Waals surface area contributed by atoms with E-state index in [1.165, 1.54) is 77.4 Å². The van der Waals surface area contributed by atoms with Crippen LogP contribution in [0.3, 0.4) is 0 Å². The highest BCUT2D eigenvalue weighted by molar-refractivity contribution is 6.84. The van der Waals surface area contributed by atoms with Crippen LogP contribution in [0.15, 0.2) is 0 Å². The van der Waals surface area contributed by atoms with E-state index in [4.69, 9.17) is 0 Å². The van der Waals surface area contributed by atoms with Crippen LogP contribution in [0.4, 0.5) is 0 Å². The van der Waals surface area contributed by atoms with E-state index in [1.807, 2.05) is 0 Å². The zero-order chi connectivity index (χ0) is 17.9. The molecule has 0 aromatic rings. The summed E-state index contributed by atoms with van der Waals surface area (Å²) in [5, 5.41) is 0. The first-order valence-corrected chi connectivity index (χ1v) is 10.9. The predicted octanol–water partition coefficient (Wildman–Crippen LogP) is 4.83. The van der Waals surface area contributed by atoms with Crippen molar-refractivity contribution < 1.29 is 0 Å². The van der Waals surface area contributed by atoms with Crippen molar-refractivity contribution in [2.24, 2.45) is 0 Å². The minimum Gasteiger partial charge on any atom is -0.357 e. The Balaban J connectivity index is 2.76. The summed E-state index contributed by atoms with van der Waals surface area (Å²) in [7, 11) is 0. The Morgan fingerprint density at radius 1 is 0.458 bits per heavy atom. The maximum atomic E-state index is 2.76.